The molecule has 0 atom stereocenters. The number of thiazole rings is 1. The molecule has 0 aliphatic carbocycles. The second-order valence-electron chi connectivity index (χ2n) is 6.35. The Kier molecular flexibility index (Phi) is 8.44. The highest BCUT2D eigenvalue weighted by Gasteiger charge is 2.18. The second-order valence-corrected chi connectivity index (χ2v) is 8.25. The molecule has 1 aromatic carbocycles. The maximum absolute atomic E-state index is 11.4. The number of carbonyl (C=O) groups is 1. The summed E-state index contributed by atoms with van der Waals surface area (Å²) in [5.74, 6) is -0.658. The first kappa shape index (κ1) is 23.1. The minimum absolute atomic E-state index is 0.0470. The van der Waals surface area contributed by atoms with Gasteiger partial charge in [-0.1, -0.05) is 57.0 Å². The van der Waals surface area contributed by atoms with Gasteiger partial charge in [-0.25, -0.2) is 14.8 Å². The zero-order chi connectivity index (χ0) is 21.6. The van der Waals surface area contributed by atoms with E-state index in [0.29, 0.717) is 26.8 Å². The second kappa shape index (κ2) is 10.6. The summed E-state index contributed by atoms with van der Waals surface area (Å²) >= 11 is 13.7. The van der Waals surface area contributed by atoms with Crippen LogP contribution >= 0.6 is 34.5 Å². The highest BCUT2D eigenvalue weighted by Crippen LogP contribution is 2.36. The smallest absolute Gasteiger partial charge is 0.356 e. The number of hydrogen-bond donors (Lipinski definition) is 2. The van der Waals surface area contributed by atoms with Crippen LogP contribution in [0.2, 0.25) is 10.0 Å². The average Bonchev–Trinajstić information content (AvgIpc) is 3.07. The lowest BCUT2D eigenvalue weighted by atomic mass is 10.0. The summed E-state index contributed by atoms with van der Waals surface area (Å²) in [7, 11) is 0. The van der Waals surface area contributed by atoms with Gasteiger partial charge in [0.1, 0.15) is 0 Å². The maximum atomic E-state index is 11.4. The normalized spacial score (nSPS) is 10.4. The fourth-order valence-electron chi connectivity index (χ4n) is 2.58. The number of halogens is 2. The summed E-state index contributed by atoms with van der Waals surface area (Å²) in [5.41, 5.74) is 2.04. The van der Waals surface area contributed by atoms with Crippen molar-refractivity contribution < 1.29 is 9.90 Å². The summed E-state index contributed by atoms with van der Waals surface area (Å²) in [4.78, 5) is 21.1. The molecule has 0 saturated heterocycles. The van der Waals surface area contributed by atoms with Gasteiger partial charge in [-0.05, 0) is 36.6 Å². The zero-order valence-electron chi connectivity index (χ0n) is 16.7. The molecule has 154 valence electrons. The lowest BCUT2D eigenvalue weighted by molar-refractivity contribution is 0.0691. The van der Waals surface area contributed by atoms with Gasteiger partial charge in [0.05, 0.1) is 21.4 Å². The molecule has 0 bridgehead atoms. The van der Waals surface area contributed by atoms with Gasteiger partial charge >= 0.3 is 5.97 Å². The topological polar surface area (TPSA) is 75.1 Å². The Hall–Kier alpha value is -2.15. The van der Waals surface area contributed by atoms with E-state index in [9.17, 15) is 9.90 Å². The van der Waals surface area contributed by atoms with Crippen molar-refractivity contribution in [3.05, 3.63) is 57.1 Å². The Balaban J connectivity index is 0.00000145. The standard InChI is InChI=1S/C19H17Cl2N3O2S.C2H6/c1-10(2)8-15-16(11-5-6-12(20)13(21)9-11)24-19(27-15)23-14-4-3-7-22-17(14)18(25)26;1-2/h3-7,9-10H,8H2,1-2H3,(H,23,24)(H,25,26);1-2H3. The minimum Gasteiger partial charge on any atom is -0.476 e. The number of aromatic carboxylic acids is 1. The fraction of sp³-hybridized carbons (Fsp3) is 0.286. The quantitative estimate of drug-likeness (QED) is 0.414. The van der Waals surface area contributed by atoms with Crippen LogP contribution in [-0.4, -0.2) is 21.0 Å². The van der Waals surface area contributed by atoms with Gasteiger partial charge in [-0.15, -0.1) is 11.3 Å². The number of aromatic nitrogens is 2. The van der Waals surface area contributed by atoms with Crippen molar-refractivity contribution in [1.29, 1.82) is 0 Å². The molecule has 2 N–H and O–H groups in total. The Bertz CT molecular complexity index is 990. The van der Waals surface area contributed by atoms with Crippen molar-refractivity contribution in [3.63, 3.8) is 0 Å². The maximum Gasteiger partial charge on any atom is 0.356 e. The molecular formula is C21H23Cl2N3O2S. The van der Waals surface area contributed by atoms with Gasteiger partial charge < -0.3 is 10.4 Å². The van der Waals surface area contributed by atoms with Crippen LogP contribution in [0.25, 0.3) is 11.3 Å². The van der Waals surface area contributed by atoms with Crippen LogP contribution in [-0.2, 0) is 6.42 Å². The number of nitrogens with zero attached hydrogens (tertiary/aromatic N) is 2. The first-order valence-corrected chi connectivity index (χ1v) is 10.8. The highest BCUT2D eigenvalue weighted by molar-refractivity contribution is 7.16. The lowest BCUT2D eigenvalue weighted by Crippen LogP contribution is -2.04. The Morgan fingerprint density at radius 3 is 2.55 bits per heavy atom. The van der Waals surface area contributed by atoms with E-state index in [2.05, 4.69) is 29.1 Å². The number of nitrogens with one attached hydrogen (secondary N) is 1. The van der Waals surface area contributed by atoms with Gasteiger partial charge in [0.2, 0.25) is 0 Å². The number of carboxylic acid groups (broad SMARTS) is 1. The molecule has 0 fully saturated rings. The number of hydrogen-bond acceptors (Lipinski definition) is 5. The molecule has 0 amide bonds. The third-order valence-corrected chi connectivity index (χ3v) is 5.47. The molecule has 0 saturated carbocycles. The molecule has 0 aliphatic rings. The van der Waals surface area contributed by atoms with E-state index in [-0.39, 0.29) is 5.69 Å². The van der Waals surface area contributed by atoms with Crippen LogP contribution < -0.4 is 5.32 Å². The summed E-state index contributed by atoms with van der Waals surface area (Å²) < 4.78 is 0. The van der Waals surface area contributed by atoms with Crippen LogP contribution in [0.3, 0.4) is 0 Å². The molecule has 0 spiro atoms. The molecule has 29 heavy (non-hydrogen) atoms. The van der Waals surface area contributed by atoms with Crippen molar-refractivity contribution in [3.8, 4) is 11.3 Å². The lowest BCUT2D eigenvalue weighted by Gasteiger charge is -2.06. The number of carboxylic acids is 1. The SMILES string of the molecule is CC.CC(C)Cc1sc(Nc2cccnc2C(=O)O)nc1-c1ccc(Cl)c(Cl)c1. The molecule has 3 rings (SSSR count). The summed E-state index contributed by atoms with van der Waals surface area (Å²) in [6, 6.07) is 8.76. The van der Waals surface area contributed by atoms with E-state index in [1.165, 1.54) is 17.5 Å². The van der Waals surface area contributed by atoms with E-state index < -0.39 is 5.97 Å². The first-order valence-electron chi connectivity index (χ1n) is 9.25. The van der Waals surface area contributed by atoms with Crippen molar-refractivity contribution in [2.45, 2.75) is 34.1 Å². The summed E-state index contributed by atoms with van der Waals surface area (Å²) in [5, 5.41) is 14.0. The van der Waals surface area contributed by atoms with E-state index in [1.54, 1.807) is 24.3 Å². The van der Waals surface area contributed by atoms with Crippen molar-refractivity contribution in [2.24, 2.45) is 5.92 Å². The summed E-state index contributed by atoms with van der Waals surface area (Å²) in [6.07, 6.45) is 2.29. The van der Waals surface area contributed by atoms with Crippen molar-refractivity contribution in [1.82, 2.24) is 9.97 Å². The molecule has 8 heteroatoms. The molecular weight excluding hydrogens is 429 g/mol. The van der Waals surface area contributed by atoms with Crippen LogP contribution in [0.4, 0.5) is 10.8 Å². The molecule has 0 unspecified atom stereocenters. The third kappa shape index (κ3) is 5.92. The van der Waals surface area contributed by atoms with Gasteiger partial charge in [-0.3, -0.25) is 0 Å². The Morgan fingerprint density at radius 1 is 1.21 bits per heavy atom. The molecule has 0 radical (unpaired) electrons. The van der Waals surface area contributed by atoms with Crippen LogP contribution in [0.15, 0.2) is 36.5 Å². The van der Waals surface area contributed by atoms with Crippen LogP contribution in [0.1, 0.15) is 43.1 Å². The van der Waals surface area contributed by atoms with Gasteiger partial charge in [0.25, 0.3) is 0 Å². The highest BCUT2D eigenvalue weighted by atomic mass is 35.5. The zero-order valence-corrected chi connectivity index (χ0v) is 19.0. The average molecular weight is 452 g/mol. The van der Waals surface area contributed by atoms with Gasteiger partial charge in [0, 0.05) is 16.6 Å². The minimum atomic E-state index is -1.10. The number of benzene rings is 1. The van der Waals surface area contributed by atoms with Crippen molar-refractivity contribution >= 4 is 51.3 Å². The Labute approximate surface area is 184 Å². The molecule has 0 aliphatic heterocycles. The molecule has 5 nitrogen and oxygen atoms in total. The number of anilines is 2. The van der Waals surface area contributed by atoms with Gasteiger partial charge in [0.15, 0.2) is 10.8 Å². The fourth-order valence-corrected chi connectivity index (χ4v) is 4.08. The molecule has 3 aromatic rings. The number of pyridine rings is 1. The largest absolute Gasteiger partial charge is 0.476 e. The van der Waals surface area contributed by atoms with E-state index in [1.807, 2.05) is 19.9 Å². The van der Waals surface area contributed by atoms with E-state index in [0.717, 1.165) is 22.6 Å². The molecule has 2 aromatic heterocycles. The first-order chi connectivity index (χ1) is 13.8. The third-order valence-electron chi connectivity index (χ3n) is 3.74. The Morgan fingerprint density at radius 2 is 1.93 bits per heavy atom. The summed E-state index contributed by atoms with van der Waals surface area (Å²) in [6.45, 7) is 8.27. The number of rotatable bonds is 6. The van der Waals surface area contributed by atoms with Crippen molar-refractivity contribution in [2.75, 3.05) is 5.32 Å². The molecule has 2 heterocycles. The van der Waals surface area contributed by atoms with E-state index in [4.69, 9.17) is 23.2 Å². The monoisotopic (exact) mass is 451 g/mol. The predicted octanol–water partition coefficient (Wildman–Crippen LogP) is 7.18. The van der Waals surface area contributed by atoms with Crippen LogP contribution in [0, 0.1) is 5.92 Å². The van der Waals surface area contributed by atoms with E-state index >= 15 is 0 Å². The van der Waals surface area contributed by atoms with Gasteiger partial charge in [-0.2, -0.15) is 0 Å². The van der Waals surface area contributed by atoms with Crippen LogP contribution in [0.5, 0.6) is 0 Å². The predicted molar refractivity (Wildman–Crippen MR) is 122 cm³/mol.